The van der Waals surface area contributed by atoms with Crippen LogP contribution in [0.1, 0.15) is 51.6 Å². The molecule has 2 nitrogen and oxygen atoms in total. The summed E-state index contributed by atoms with van der Waals surface area (Å²) in [6.07, 6.45) is 8.28. The van der Waals surface area contributed by atoms with E-state index in [1.54, 1.807) is 6.92 Å². The van der Waals surface area contributed by atoms with E-state index in [4.69, 9.17) is 0 Å². The Hall–Kier alpha value is -1.51. The number of aryl methyl sites for hydroxylation is 1. The molecule has 1 aromatic heterocycles. The molecule has 20 heavy (non-hydrogen) atoms. The summed E-state index contributed by atoms with van der Waals surface area (Å²) in [5, 5.41) is 0. The molecular formula is C17H26FNO. The van der Waals surface area contributed by atoms with Crippen LogP contribution in [-0.2, 0) is 4.79 Å². The van der Waals surface area contributed by atoms with E-state index in [9.17, 15) is 9.18 Å². The lowest BCUT2D eigenvalue weighted by Gasteiger charge is -2.18. The summed E-state index contributed by atoms with van der Waals surface area (Å²) in [7, 11) is 0. The van der Waals surface area contributed by atoms with E-state index in [-0.39, 0.29) is 5.82 Å². The van der Waals surface area contributed by atoms with Crippen LogP contribution in [0.15, 0.2) is 31.0 Å². The summed E-state index contributed by atoms with van der Waals surface area (Å²) >= 11 is 0. The molecule has 2 rings (SSSR count). The molecule has 0 radical (unpaired) electrons. The molecule has 1 aliphatic carbocycles. The van der Waals surface area contributed by atoms with E-state index in [2.05, 4.69) is 11.6 Å². The Balaban J connectivity index is 0.000000327. The van der Waals surface area contributed by atoms with Gasteiger partial charge >= 0.3 is 0 Å². The smallest absolute Gasteiger partial charge is 0.132 e. The highest BCUT2D eigenvalue weighted by atomic mass is 19.1. The maximum atomic E-state index is 12.1. The molecule has 0 saturated heterocycles. The Morgan fingerprint density at radius 2 is 2.00 bits per heavy atom. The Morgan fingerprint density at radius 1 is 1.40 bits per heavy atom. The second kappa shape index (κ2) is 11.3. The molecule has 0 aromatic carbocycles. The van der Waals surface area contributed by atoms with E-state index >= 15 is 0 Å². The van der Waals surface area contributed by atoms with Crippen LogP contribution in [0.4, 0.5) is 4.39 Å². The number of allylic oxidation sites excluding steroid dienone is 1. The van der Waals surface area contributed by atoms with Crippen LogP contribution in [-0.4, -0.2) is 10.8 Å². The number of aromatic nitrogens is 1. The van der Waals surface area contributed by atoms with Gasteiger partial charge in [0, 0.05) is 24.7 Å². The zero-order valence-electron chi connectivity index (χ0n) is 12.9. The molecule has 0 bridgehead atoms. The van der Waals surface area contributed by atoms with Gasteiger partial charge in [0.2, 0.25) is 0 Å². The molecule has 112 valence electrons. The van der Waals surface area contributed by atoms with E-state index in [1.807, 2.05) is 19.9 Å². The molecule has 0 unspecified atom stereocenters. The second-order valence-corrected chi connectivity index (χ2v) is 4.62. The van der Waals surface area contributed by atoms with Gasteiger partial charge in [-0.3, -0.25) is 9.78 Å². The number of ketones is 1. The average Bonchev–Trinajstić information content (AvgIpc) is 2.44. The van der Waals surface area contributed by atoms with Gasteiger partial charge in [-0.2, -0.15) is 0 Å². The highest BCUT2D eigenvalue weighted by Gasteiger charge is 2.16. The predicted octanol–water partition coefficient (Wildman–Crippen LogP) is 4.88. The Bertz CT molecular complexity index is 376. The molecule has 1 heterocycles. The first-order valence-electron chi connectivity index (χ1n) is 7.32. The number of Topliss-reactive ketones (excluding diaryl/α,β-unsaturated/α-hetero) is 1. The summed E-state index contributed by atoms with van der Waals surface area (Å²) in [5.74, 6) is 0.966. The molecule has 1 fully saturated rings. The Kier molecular flexibility index (Phi) is 10.5. The lowest BCUT2D eigenvalue weighted by atomic mass is 9.86. The molecule has 1 saturated carbocycles. The minimum Gasteiger partial charge on any atom is -0.300 e. The fraction of sp³-hybridized carbons (Fsp3) is 0.529. The normalized spacial score (nSPS) is 14.5. The summed E-state index contributed by atoms with van der Waals surface area (Å²) in [6.45, 7) is 9.44. The fourth-order valence-electron chi connectivity index (χ4n) is 1.98. The fourth-order valence-corrected chi connectivity index (χ4v) is 1.98. The number of rotatable bonds is 2. The summed E-state index contributed by atoms with van der Waals surface area (Å²) in [6, 6.07) is 2.72. The highest BCUT2D eigenvalue weighted by Crippen LogP contribution is 2.24. The zero-order valence-corrected chi connectivity index (χ0v) is 12.9. The molecule has 1 aromatic rings. The number of hydrogen-bond donors (Lipinski definition) is 0. The predicted molar refractivity (Wildman–Crippen MR) is 82.1 cm³/mol. The summed E-state index contributed by atoms with van der Waals surface area (Å²) < 4.78 is 12.1. The minimum atomic E-state index is -0.225. The Labute approximate surface area is 122 Å². The first-order valence-corrected chi connectivity index (χ1v) is 7.32. The molecule has 0 aliphatic heterocycles. The van der Waals surface area contributed by atoms with Crippen molar-refractivity contribution < 1.29 is 9.18 Å². The molecule has 0 spiro atoms. The van der Waals surface area contributed by atoms with Crippen molar-refractivity contribution in [1.82, 2.24) is 4.98 Å². The SMILES string of the molecule is C=CCC1CCC(=O)CC1.CC.Cc1cc(F)ccn1. The topological polar surface area (TPSA) is 30.0 Å². The second-order valence-electron chi connectivity index (χ2n) is 4.62. The maximum absolute atomic E-state index is 12.1. The lowest BCUT2D eigenvalue weighted by Crippen LogP contribution is -2.12. The van der Waals surface area contributed by atoms with Gasteiger partial charge in [-0.15, -0.1) is 6.58 Å². The van der Waals surface area contributed by atoms with Gasteiger partial charge in [0.25, 0.3) is 0 Å². The standard InChI is InChI=1S/C9H14O.C6H6FN.C2H6/c1-2-3-8-4-6-9(10)7-5-8;1-5-4-6(7)2-3-8-5;1-2/h2,8H,1,3-7H2;2-4H,1H3;1-2H3. The van der Waals surface area contributed by atoms with Crippen LogP contribution in [0.3, 0.4) is 0 Å². The number of carbonyl (C=O) groups is 1. The van der Waals surface area contributed by atoms with E-state index in [0.29, 0.717) is 11.5 Å². The number of carbonyl (C=O) groups excluding carboxylic acids is 1. The van der Waals surface area contributed by atoms with Gasteiger partial charge in [0.15, 0.2) is 0 Å². The van der Waals surface area contributed by atoms with E-state index in [0.717, 1.165) is 38.0 Å². The third kappa shape index (κ3) is 8.57. The quantitative estimate of drug-likeness (QED) is 0.722. The van der Waals surface area contributed by atoms with Crippen molar-refractivity contribution in [1.29, 1.82) is 0 Å². The summed E-state index contributed by atoms with van der Waals surface area (Å²) in [4.78, 5) is 14.6. The molecule has 0 atom stereocenters. The molecule has 3 heteroatoms. The van der Waals surface area contributed by atoms with Crippen molar-refractivity contribution in [3.8, 4) is 0 Å². The number of hydrogen-bond acceptors (Lipinski definition) is 2. The number of pyridine rings is 1. The van der Waals surface area contributed by atoms with Crippen molar-refractivity contribution in [3.05, 3.63) is 42.5 Å². The van der Waals surface area contributed by atoms with Crippen molar-refractivity contribution in [3.63, 3.8) is 0 Å². The number of nitrogens with zero attached hydrogens (tertiary/aromatic N) is 1. The number of halogens is 1. The first-order chi connectivity index (χ1) is 9.61. The molecule has 1 aliphatic rings. The highest BCUT2D eigenvalue weighted by molar-refractivity contribution is 5.79. The largest absolute Gasteiger partial charge is 0.300 e. The van der Waals surface area contributed by atoms with Crippen molar-refractivity contribution >= 4 is 5.78 Å². The third-order valence-electron chi connectivity index (χ3n) is 3.02. The van der Waals surface area contributed by atoms with Gasteiger partial charge in [-0.05, 0) is 44.2 Å². The minimum absolute atomic E-state index is 0.225. The van der Waals surface area contributed by atoms with Gasteiger partial charge in [0.05, 0.1) is 0 Å². The monoisotopic (exact) mass is 279 g/mol. The Morgan fingerprint density at radius 3 is 2.40 bits per heavy atom. The first kappa shape index (κ1) is 18.5. The van der Waals surface area contributed by atoms with Crippen LogP contribution in [0.25, 0.3) is 0 Å². The third-order valence-corrected chi connectivity index (χ3v) is 3.02. The van der Waals surface area contributed by atoms with Gasteiger partial charge in [-0.1, -0.05) is 19.9 Å². The maximum Gasteiger partial charge on any atom is 0.132 e. The van der Waals surface area contributed by atoms with E-state index < -0.39 is 0 Å². The van der Waals surface area contributed by atoms with Crippen molar-refractivity contribution in [2.24, 2.45) is 5.92 Å². The lowest BCUT2D eigenvalue weighted by molar-refractivity contribution is -0.120. The van der Waals surface area contributed by atoms with Crippen LogP contribution >= 0.6 is 0 Å². The van der Waals surface area contributed by atoms with Crippen LogP contribution in [0, 0.1) is 18.7 Å². The van der Waals surface area contributed by atoms with Crippen LogP contribution < -0.4 is 0 Å². The van der Waals surface area contributed by atoms with Gasteiger partial charge < -0.3 is 0 Å². The van der Waals surface area contributed by atoms with Crippen LogP contribution in [0.5, 0.6) is 0 Å². The van der Waals surface area contributed by atoms with Gasteiger partial charge in [-0.25, -0.2) is 4.39 Å². The van der Waals surface area contributed by atoms with Crippen LogP contribution in [0.2, 0.25) is 0 Å². The summed E-state index contributed by atoms with van der Waals surface area (Å²) in [5.41, 5.74) is 0.713. The van der Waals surface area contributed by atoms with E-state index in [1.165, 1.54) is 18.3 Å². The average molecular weight is 279 g/mol. The van der Waals surface area contributed by atoms with Crippen molar-refractivity contribution in [2.75, 3.05) is 0 Å². The molecular weight excluding hydrogens is 253 g/mol. The zero-order chi connectivity index (χ0) is 15.4. The molecule has 0 amide bonds. The van der Waals surface area contributed by atoms with Crippen molar-refractivity contribution in [2.45, 2.75) is 52.9 Å². The van der Waals surface area contributed by atoms with Gasteiger partial charge in [0.1, 0.15) is 11.6 Å². The molecule has 0 N–H and O–H groups in total.